The highest BCUT2D eigenvalue weighted by molar-refractivity contribution is 5.79. The van der Waals surface area contributed by atoms with Crippen molar-refractivity contribution in [2.24, 2.45) is 4.99 Å². The molecule has 0 radical (unpaired) electrons. The van der Waals surface area contributed by atoms with Gasteiger partial charge in [-0.1, -0.05) is 6.07 Å². The van der Waals surface area contributed by atoms with E-state index in [1.807, 2.05) is 18.2 Å². The predicted molar refractivity (Wildman–Crippen MR) is 102 cm³/mol. The summed E-state index contributed by atoms with van der Waals surface area (Å²) in [6.07, 6.45) is 0.916. The van der Waals surface area contributed by atoms with E-state index in [-0.39, 0.29) is 0 Å². The van der Waals surface area contributed by atoms with Crippen molar-refractivity contribution in [2.45, 2.75) is 19.9 Å². The van der Waals surface area contributed by atoms with Gasteiger partial charge in [0.15, 0.2) is 17.5 Å². The number of ether oxygens (including phenoxy) is 3. The van der Waals surface area contributed by atoms with Gasteiger partial charge < -0.3 is 24.8 Å². The summed E-state index contributed by atoms with van der Waals surface area (Å²) in [7, 11) is 0. The second kappa shape index (κ2) is 10.2. The van der Waals surface area contributed by atoms with Gasteiger partial charge in [-0.15, -0.1) is 0 Å². The largest absolute Gasteiger partial charge is 0.490 e. The number of benzene rings is 1. The SMILES string of the molecule is CCNC(=NCc1ccc2c(c1)OCCCO2)NCCN1CCOCC1. The summed E-state index contributed by atoms with van der Waals surface area (Å²) < 4.78 is 16.8. The van der Waals surface area contributed by atoms with Gasteiger partial charge in [0.2, 0.25) is 0 Å². The molecule has 1 fully saturated rings. The van der Waals surface area contributed by atoms with Gasteiger partial charge >= 0.3 is 0 Å². The van der Waals surface area contributed by atoms with Gasteiger partial charge in [0, 0.05) is 39.1 Å². The number of nitrogens with zero attached hydrogens (tertiary/aromatic N) is 2. The maximum atomic E-state index is 5.76. The van der Waals surface area contributed by atoms with E-state index in [4.69, 9.17) is 19.2 Å². The number of aliphatic imine (C=N–C) groups is 1. The summed E-state index contributed by atoms with van der Waals surface area (Å²) in [5, 5.41) is 6.71. The van der Waals surface area contributed by atoms with Gasteiger partial charge in [-0.05, 0) is 24.6 Å². The molecule has 0 amide bonds. The number of hydrogen-bond acceptors (Lipinski definition) is 5. The lowest BCUT2D eigenvalue weighted by Gasteiger charge is -2.26. The van der Waals surface area contributed by atoms with Crippen LogP contribution < -0.4 is 20.1 Å². The van der Waals surface area contributed by atoms with Crippen molar-refractivity contribution in [2.75, 3.05) is 59.2 Å². The first-order valence-electron chi connectivity index (χ1n) is 9.56. The van der Waals surface area contributed by atoms with E-state index in [2.05, 4.69) is 22.5 Å². The van der Waals surface area contributed by atoms with E-state index in [0.29, 0.717) is 19.8 Å². The van der Waals surface area contributed by atoms with Crippen molar-refractivity contribution in [3.8, 4) is 11.5 Å². The van der Waals surface area contributed by atoms with Crippen LogP contribution in [-0.4, -0.2) is 70.0 Å². The van der Waals surface area contributed by atoms with E-state index >= 15 is 0 Å². The summed E-state index contributed by atoms with van der Waals surface area (Å²) in [5.74, 6) is 2.49. The van der Waals surface area contributed by atoms with Crippen LogP contribution in [0.1, 0.15) is 18.9 Å². The van der Waals surface area contributed by atoms with Crippen molar-refractivity contribution < 1.29 is 14.2 Å². The van der Waals surface area contributed by atoms with Crippen LogP contribution in [0.3, 0.4) is 0 Å². The van der Waals surface area contributed by atoms with Crippen molar-refractivity contribution in [1.82, 2.24) is 15.5 Å². The molecule has 0 aromatic heterocycles. The molecule has 0 atom stereocenters. The number of rotatable bonds is 6. The summed E-state index contributed by atoms with van der Waals surface area (Å²) in [6, 6.07) is 6.06. The summed E-state index contributed by atoms with van der Waals surface area (Å²) in [5.41, 5.74) is 1.11. The van der Waals surface area contributed by atoms with Gasteiger partial charge in [0.25, 0.3) is 0 Å². The first kappa shape index (κ1) is 18.8. The lowest BCUT2D eigenvalue weighted by molar-refractivity contribution is 0.0389. The third kappa shape index (κ3) is 5.78. The molecule has 3 rings (SSSR count). The second-order valence-electron chi connectivity index (χ2n) is 6.41. The fourth-order valence-electron chi connectivity index (χ4n) is 2.98. The highest BCUT2D eigenvalue weighted by Gasteiger charge is 2.11. The number of fused-ring (bicyclic) bond motifs is 1. The second-order valence-corrected chi connectivity index (χ2v) is 6.41. The number of nitrogens with one attached hydrogen (secondary N) is 2. The molecule has 144 valence electrons. The fraction of sp³-hybridized carbons (Fsp3) is 0.632. The maximum absolute atomic E-state index is 5.76. The molecule has 0 saturated carbocycles. The summed E-state index contributed by atoms with van der Waals surface area (Å²) in [4.78, 5) is 7.10. The lowest BCUT2D eigenvalue weighted by atomic mass is 10.2. The van der Waals surface area contributed by atoms with Crippen LogP contribution in [0.4, 0.5) is 0 Å². The fourth-order valence-corrected chi connectivity index (χ4v) is 2.98. The molecule has 0 unspecified atom stereocenters. The van der Waals surface area contributed by atoms with Gasteiger partial charge in [0.05, 0.1) is 33.0 Å². The maximum Gasteiger partial charge on any atom is 0.191 e. The van der Waals surface area contributed by atoms with Crippen LogP contribution in [0.2, 0.25) is 0 Å². The Bertz CT molecular complexity index is 588. The van der Waals surface area contributed by atoms with Gasteiger partial charge in [0.1, 0.15) is 0 Å². The molecular weight excluding hydrogens is 332 g/mol. The number of guanidine groups is 1. The van der Waals surface area contributed by atoms with Crippen molar-refractivity contribution in [3.05, 3.63) is 23.8 Å². The third-order valence-corrected chi connectivity index (χ3v) is 4.40. The molecule has 2 aliphatic heterocycles. The molecule has 2 heterocycles. The first-order valence-corrected chi connectivity index (χ1v) is 9.56. The zero-order valence-electron chi connectivity index (χ0n) is 15.6. The molecule has 2 aliphatic rings. The Morgan fingerprint density at radius 2 is 1.88 bits per heavy atom. The Morgan fingerprint density at radius 3 is 2.69 bits per heavy atom. The Hall–Kier alpha value is -1.99. The minimum Gasteiger partial charge on any atom is -0.490 e. The molecule has 0 bridgehead atoms. The Balaban J connectivity index is 1.52. The van der Waals surface area contributed by atoms with Crippen LogP contribution >= 0.6 is 0 Å². The normalized spacial score (nSPS) is 18.3. The van der Waals surface area contributed by atoms with Gasteiger partial charge in [-0.25, -0.2) is 4.99 Å². The highest BCUT2D eigenvalue weighted by atomic mass is 16.5. The van der Waals surface area contributed by atoms with Crippen molar-refractivity contribution in [1.29, 1.82) is 0 Å². The first-order chi connectivity index (χ1) is 12.8. The van der Waals surface area contributed by atoms with Crippen LogP contribution in [-0.2, 0) is 11.3 Å². The molecule has 1 aromatic rings. The smallest absolute Gasteiger partial charge is 0.191 e. The number of morpholine rings is 1. The van der Waals surface area contributed by atoms with Crippen molar-refractivity contribution in [3.63, 3.8) is 0 Å². The molecule has 1 saturated heterocycles. The van der Waals surface area contributed by atoms with E-state index in [1.54, 1.807) is 0 Å². The summed E-state index contributed by atoms with van der Waals surface area (Å²) in [6.45, 7) is 10.5. The monoisotopic (exact) mass is 362 g/mol. The minimum absolute atomic E-state index is 0.601. The quantitative estimate of drug-likeness (QED) is 0.586. The predicted octanol–water partition coefficient (Wildman–Crippen LogP) is 1.24. The van der Waals surface area contributed by atoms with E-state index in [1.165, 1.54) is 0 Å². The molecule has 7 nitrogen and oxygen atoms in total. The van der Waals surface area contributed by atoms with Gasteiger partial charge in [-0.2, -0.15) is 0 Å². The van der Waals surface area contributed by atoms with E-state index < -0.39 is 0 Å². The molecule has 2 N–H and O–H groups in total. The Morgan fingerprint density at radius 1 is 1.08 bits per heavy atom. The van der Waals surface area contributed by atoms with Crippen molar-refractivity contribution >= 4 is 5.96 Å². The zero-order valence-corrected chi connectivity index (χ0v) is 15.6. The molecule has 7 heteroatoms. The lowest BCUT2D eigenvalue weighted by Crippen LogP contribution is -2.44. The number of hydrogen-bond donors (Lipinski definition) is 2. The van der Waals surface area contributed by atoms with Gasteiger partial charge in [-0.3, -0.25) is 4.90 Å². The van der Waals surface area contributed by atoms with Crippen LogP contribution in [0.5, 0.6) is 11.5 Å². The third-order valence-electron chi connectivity index (χ3n) is 4.40. The highest BCUT2D eigenvalue weighted by Crippen LogP contribution is 2.30. The minimum atomic E-state index is 0.601. The average Bonchev–Trinajstić information content (AvgIpc) is 2.92. The zero-order chi connectivity index (χ0) is 18.0. The standard InChI is InChI=1S/C19H30N4O3/c1-2-20-19(21-6-7-23-8-12-24-13-9-23)22-15-16-4-5-17-18(14-16)26-11-3-10-25-17/h4-5,14H,2-3,6-13,15H2,1H3,(H2,20,21,22). The Labute approximate surface area is 155 Å². The molecule has 0 aliphatic carbocycles. The van der Waals surface area contributed by atoms with Crippen LogP contribution in [0, 0.1) is 0 Å². The summed E-state index contributed by atoms with van der Waals surface area (Å²) >= 11 is 0. The molecule has 1 aromatic carbocycles. The van der Waals surface area contributed by atoms with E-state index in [9.17, 15) is 0 Å². The topological polar surface area (TPSA) is 67.4 Å². The van der Waals surface area contributed by atoms with Crippen LogP contribution in [0.25, 0.3) is 0 Å². The van der Waals surface area contributed by atoms with Crippen LogP contribution in [0.15, 0.2) is 23.2 Å². The average molecular weight is 362 g/mol. The van der Waals surface area contributed by atoms with E-state index in [0.717, 1.165) is 75.4 Å². The molecular formula is C19H30N4O3. The Kier molecular flexibility index (Phi) is 7.39. The molecule has 0 spiro atoms. The molecule has 26 heavy (non-hydrogen) atoms.